The summed E-state index contributed by atoms with van der Waals surface area (Å²) in [6.45, 7) is 1.40. The highest BCUT2D eigenvalue weighted by molar-refractivity contribution is 7.12. The summed E-state index contributed by atoms with van der Waals surface area (Å²) in [5.74, 6) is -0.709. The van der Waals surface area contributed by atoms with Crippen LogP contribution >= 0.6 is 11.3 Å². The molecule has 0 saturated heterocycles. The number of carboxylic acids is 1. The number of hydrogen-bond donors (Lipinski definition) is 2. The molecular weight excluding hydrogens is 278 g/mol. The second-order valence-corrected chi connectivity index (χ2v) is 5.04. The second-order valence-electron chi connectivity index (χ2n) is 4.09. The summed E-state index contributed by atoms with van der Waals surface area (Å²) in [7, 11) is 0. The normalized spacial score (nSPS) is 10.1. The second kappa shape index (κ2) is 6.21. The van der Waals surface area contributed by atoms with Crippen LogP contribution < -0.4 is 10.1 Å². The number of amides is 1. The van der Waals surface area contributed by atoms with Crippen LogP contribution in [0.4, 0.5) is 5.69 Å². The van der Waals surface area contributed by atoms with Crippen LogP contribution in [-0.2, 0) is 4.79 Å². The molecule has 1 aromatic heterocycles. The highest BCUT2D eigenvalue weighted by Gasteiger charge is 2.08. The molecule has 6 heteroatoms. The van der Waals surface area contributed by atoms with Crippen molar-refractivity contribution in [1.82, 2.24) is 0 Å². The minimum atomic E-state index is -1.03. The Morgan fingerprint density at radius 3 is 2.75 bits per heavy atom. The molecule has 0 aliphatic heterocycles. The average molecular weight is 291 g/mol. The van der Waals surface area contributed by atoms with Gasteiger partial charge < -0.3 is 15.2 Å². The van der Waals surface area contributed by atoms with Crippen molar-refractivity contribution in [1.29, 1.82) is 0 Å². The first-order chi connectivity index (χ1) is 9.56. The van der Waals surface area contributed by atoms with Gasteiger partial charge in [0.1, 0.15) is 5.75 Å². The zero-order chi connectivity index (χ0) is 14.5. The zero-order valence-electron chi connectivity index (χ0n) is 10.8. The van der Waals surface area contributed by atoms with E-state index in [0.29, 0.717) is 16.3 Å². The lowest BCUT2D eigenvalue weighted by Crippen LogP contribution is -2.11. The van der Waals surface area contributed by atoms with E-state index in [2.05, 4.69) is 5.32 Å². The molecule has 1 amide bonds. The third-order valence-electron chi connectivity index (χ3n) is 2.53. The standard InChI is InChI=1S/C14H13NO4S/c1-9-7-10(4-5-11(9)19-8-13(16)17)15-14(18)12-3-2-6-20-12/h2-7H,8H2,1H3,(H,15,18)(H,16,17). The maximum absolute atomic E-state index is 11.9. The summed E-state index contributed by atoms with van der Waals surface area (Å²) in [6, 6.07) is 8.62. The summed E-state index contributed by atoms with van der Waals surface area (Å²) in [6.07, 6.45) is 0. The van der Waals surface area contributed by atoms with E-state index in [0.717, 1.165) is 5.56 Å². The first kappa shape index (κ1) is 14.1. The van der Waals surface area contributed by atoms with Crippen molar-refractivity contribution in [2.45, 2.75) is 6.92 Å². The van der Waals surface area contributed by atoms with E-state index in [1.54, 1.807) is 31.2 Å². The summed E-state index contributed by atoms with van der Waals surface area (Å²) in [5, 5.41) is 13.2. The summed E-state index contributed by atoms with van der Waals surface area (Å²) < 4.78 is 5.12. The Morgan fingerprint density at radius 2 is 2.15 bits per heavy atom. The number of benzene rings is 1. The van der Waals surface area contributed by atoms with E-state index >= 15 is 0 Å². The van der Waals surface area contributed by atoms with Gasteiger partial charge in [0.15, 0.2) is 6.61 Å². The summed E-state index contributed by atoms with van der Waals surface area (Å²) in [5.41, 5.74) is 1.40. The molecule has 0 bridgehead atoms. The third-order valence-corrected chi connectivity index (χ3v) is 3.40. The van der Waals surface area contributed by atoms with Gasteiger partial charge in [-0.25, -0.2) is 4.79 Å². The quantitative estimate of drug-likeness (QED) is 0.888. The van der Waals surface area contributed by atoms with Crippen molar-refractivity contribution in [3.63, 3.8) is 0 Å². The van der Waals surface area contributed by atoms with Crippen molar-refractivity contribution < 1.29 is 19.4 Å². The van der Waals surface area contributed by atoms with Crippen molar-refractivity contribution >= 4 is 28.9 Å². The van der Waals surface area contributed by atoms with Crippen LogP contribution in [0.1, 0.15) is 15.2 Å². The largest absolute Gasteiger partial charge is 0.482 e. The summed E-state index contributed by atoms with van der Waals surface area (Å²) >= 11 is 1.37. The van der Waals surface area contributed by atoms with Gasteiger partial charge in [0.05, 0.1) is 4.88 Å². The molecule has 0 fully saturated rings. The maximum Gasteiger partial charge on any atom is 0.341 e. The number of carbonyl (C=O) groups excluding carboxylic acids is 1. The Morgan fingerprint density at radius 1 is 1.35 bits per heavy atom. The molecule has 0 radical (unpaired) electrons. The number of hydrogen-bond acceptors (Lipinski definition) is 4. The van der Waals surface area contributed by atoms with Gasteiger partial charge in [0, 0.05) is 5.69 Å². The Balaban J connectivity index is 2.05. The molecule has 2 aromatic rings. The van der Waals surface area contributed by atoms with Crippen LogP contribution in [0.2, 0.25) is 0 Å². The lowest BCUT2D eigenvalue weighted by molar-refractivity contribution is -0.139. The molecule has 1 heterocycles. The fraction of sp³-hybridized carbons (Fsp3) is 0.143. The molecule has 0 unspecified atom stereocenters. The lowest BCUT2D eigenvalue weighted by atomic mass is 10.2. The van der Waals surface area contributed by atoms with Crippen molar-refractivity contribution in [3.8, 4) is 5.75 Å². The number of anilines is 1. The Hall–Kier alpha value is -2.34. The van der Waals surface area contributed by atoms with Crippen LogP contribution in [0.15, 0.2) is 35.7 Å². The maximum atomic E-state index is 11.9. The molecule has 2 rings (SSSR count). The molecule has 104 valence electrons. The molecule has 1 aromatic carbocycles. The number of nitrogens with one attached hydrogen (secondary N) is 1. The summed E-state index contributed by atoms with van der Waals surface area (Å²) in [4.78, 5) is 23.0. The van der Waals surface area contributed by atoms with Crippen molar-refractivity contribution in [2.75, 3.05) is 11.9 Å². The predicted octanol–water partition coefficient (Wildman–Crippen LogP) is 2.77. The zero-order valence-corrected chi connectivity index (χ0v) is 11.6. The minimum absolute atomic E-state index is 0.168. The number of ether oxygens (including phenoxy) is 1. The van der Waals surface area contributed by atoms with Crippen LogP contribution in [-0.4, -0.2) is 23.6 Å². The molecule has 0 saturated carbocycles. The van der Waals surface area contributed by atoms with Gasteiger partial charge in [-0.2, -0.15) is 0 Å². The van der Waals surface area contributed by atoms with Crippen molar-refractivity contribution in [3.05, 3.63) is 46.2 Å². The fourth-order valence-electron chi connectivity index (χ4n) is 1.63. The molecule has 0 aliphatic rings. The molecule has 20 heavy (non-hydrogen) atoms. The van der Waals surface area contributed by atoms with Crippen LogP contribution in [0, 0.1) is 6.92 Å². The van der Waals surface area contributed by atoms with E-state index in [4.69, 9.17) is 9.84 Å². The number of carbonyl (C=O) groups is 2. The van der Waals surface area contributed by atoms with Gasteiger partial charge in [-0.05, 0) is 42.1 Å². The van der Waals surface area contributed by atoms with E-state index in [9.17, 15) is 9.59 Å². The van der Waals surface area contributed by atoms with E-state index in [1.165, 1.54) is 11.3 Å². The molecular formula is C14H13NO4S. The number of thiophene rings is 1. The topological polar surface area (TPSA) is 75.6 Å². The molecule has 0 aliphatic carbocycles. The highest BCUT2D eigenvalue weighted by Crippen LogP contribution is 2.22. The van der Waals surface area contributed by atoms with Gasteiger partial charge >= 0.3 is 5.97 Å². The Bertz CT molecular complexity index is 622. The first-order valence-electron chi connectivity index (χ1n) is 5.86. The molecule has 2 N–H and O–H groups in total. The fourth-order valence-corrected chi connectivity index (χ4v) is 2.25. The first-order valence-corrected chi connectivity index (χ1v) is 6.74. The number of aryl methyl sites for hydroxylation is 1. The van der Waals surface area contributed by atoms with E-state index in [-0.39, 0.29) is 12.5 Å². The SMILES string of the molecule is Cc1cc(NC(=O)c2cccs2)ccc1OCC(=O)O. The smallest absolute Gasteiger partial charge is 0.341 e. The van der Waals surface area contributed by atoms with Crippen LogP contribution in [0.5, 0.6) is 5.75 Å². The van der Waals surface area contributed by atoms with Crippen molar-refractivity contribution in [2.24, 2.45) is 0 Å². The monoisotopic (exact) mass is 291 g/mol. The third kappa shape index (κ3) is 3.58. The Kier molecular flexibility index (Phi) is 4.37. The molecule has 5 nitrogen and oxygen atoms in total. The van der Waals surface area contributed by atoms with Gasteiger partial charge in [-0.3, -0.25) is 4.79 Å². The number of aliphatic carboxylic acids is 1. The van der Waals surface area contributed by atoms with E-state index in [1.807, 2.05) is 11.4 Å². The molecule has 0 atom stereocenters. The van der Waals surface area contributed by atoms with Gasteiger partial charge in [-0.1, -0.05) is 6.07 Å². The van der Waals surface area contributed by atoms with Gasteiger partial charge in [0.25, 0.3) is 5.91 Å². The highest BCUT2D eigenvalue weighted by atomic mass is 32.1. The Labute approximate surface area is 119 Å². The lowest BCUT2D eigenvalue weighted by Gasteiger charge is -2.09. The average Bonchev–Trinajstić information content (AvgIpc) is 2.91. The van der Waals surface area contributed by atoms with Gasteiger partial charge in [0.2, 0.25) is 0 Å². The van der Waals surface area contributed by atoms with Crippen LogP contribution in [0.25, 0.3) is 0 Å². The van der Waals surface area contributed by atoms with E-state index < -0.39 is 5.97 Å². The number of carboxylic acid groups (broad SMARTS) is 1. The van der Waals surface area contributed by atoms with Crippen LogP contribution in [0.3, 0.4) is 0 Å². The predicted molar refractivity (Wildman–Crippen MR) is 76.6 cm³/mol. The number of rotatable bonds is 5. The van der Waals surface area contributed by atoms with Gasteiger partial charge in [-0.15, -0.1) is 11.3 Å². The molecule has 0 spiro atoms. The minimum Gasteiger partial charge on any atom is -0.482 e.